The normalized spacial score (nSPS) is 14.6. The number of carbonyl (C=O) groups is 2. The van der Waals surface area contributed by atoms with Crippen LogP contribution in [0.3, 0.4) is 0 Å². The van der Waals surface area contributed by atoms with Gasteiger partial charge in [-0.3, -0.25) is 4.79 Å². The maximum Gasteiger partial charge on any atom is 0.317 e. The van der Waals surface area contributed by atoms with Crippen molar-refractivity contribution in [3.05, 3.63) is 23.4 Å². The fourth-order valence-electron chi connectivity index (χ4n) is 2.66. The molecule has 2 aromatic rings. The smallest absolute Gasteiger partial charge is 0.317 e. The minimum Gasteiger partial charge on any atom is -0.339 e. The fourth-order valence-corrected chi connectivity index (χ4v) is 3.31. The van der Waals surface area contributed by atoms with Crippen LogP contribution >= 0.6 is 11.3 Å². The number of urea groups is 1. The van der Waals surface area contributed by atoms with Crippen molar-refractivity contribution < 1.29 is 14.1 Å². The summed E-state index contributed by atoms with van der Waals surface area (Å²) in [6, 6.07) is 3.79. The molecule has 0 spiro atoms. The van der Waals surface area contributed by atoms with Crippen molar-refractivity contribution in [1.82, 2.24) is 25.3 Å². The lowest BCUT2D eigenvalue weighted by Crippen LogP contribution is -2.53. The van der Waals surface area contributed by atoms with Crippen LogP contribution in [0.25, 0.3) is 10.7 Å². The van der Waals surface area contributed by atoms with E-state index >= 15 is 0 Å². The van der Waals surface area contributed by atoms with Crippen molar-refractivity contribution in [2.24, 2.45) is 0 Å². The van der Waals surface area contributed by atoms with Gasteiger partial charge in [-0.25, -0.2) is 4.79 Å². The number of carbonyl (C=O) groups excluding carboxylic acids is 2. The van der Waals surface area contributed by atoms with Crippen LogP contribution in [0.1, 0.15) is 19.2 Å². The molecule has 0 saturated carbocycles. The number of aromatic nitrogens is 2. The predicted molar refractivity (Wildman–Crippen MR) is 93.2 cm³/mol. The number of amides is 3. The van der Waals surface area contributed by atoms with Gasteiger partial charge in [0.05, 0.1) is 4.88 Å². The van der Waals surface area contributed by atoms with Crippen molar-refractivity contribution in [3.63, 3.8) is 0 Å². The Bertz CT molecular complexity index is 707. The summed E-state index contributed by atoms with van der Waals surface area (Å²) in [7, 11) is 0. The molecule has 3 amide bonds. The summed E-state index contributed by atoms with van der Waals surface area (Å²) in [4.78, 5) is 32.9. The average Bonchev–Trinajstić information content (AvgIpc) is 3.31. The first kappa shape index (κ1) is 17.4. The SMILES string of the molecule is CCNC(=O)N1CCN(C(=O)CCc2nc(-c3cccs3)no2)CC1. The lowest BCUT2D eigenvalue weighted by Gasteiger charge is -2.34. The fraction of sp³-hybridized carbons (Fsp3) is 0.500. The van der Waals surface area contributed by atoms with Gasteiger partial charge in [-0.2, -0.15) is 4.98 Å². The number of nitrogens with one attached hydrogen (secondary N) is 1. The highest BCUT2D eigenvalue weighted by molar-refractivity contribution is 7.13. The molecule has 1 fully saturated rings. The molecular weight excluding hydrogens is 342 g/mol. The summed E-state index contributed by atoms with van der Waals surface area (Å²) in [5.74, 6) is 1.08. The number of nitrogens with zero attached hydrogens (tertiary/aromatic N) is 4. The average molecular weight is 363 g/mol. The lowest BCUT2D eigenvalue weighted by atomic mass is 10.2. The number of rotatable bonds is 5. The first-order valence-corrected chi connectivity index (χ1v) is 9.22. The molecule has 0 unspecified atom stereocenters. The first-order valence-electron chi connectivity index (χ1n) is 8.34. The summed E-state index contributed by atoms with van der Waals surface area (Å²) in [5, 5.41) is 8.67. The van der Waals surface area contributed by atoms with Crippen LogP contribution in [0.4, 0.5) is 4.79 Å². The zero-order chi connectivity index (χ0) is 17.6. The zero-order valence-electron chi connectivity index (χ0n) is 14.1. The van der Waals surface area contributed by atoms with Crippen molar-refractivity contribution in [2.75, 3.05) is 32.7 Å². The molecule has 1 aliphatic heterocycles. The summed E-state index contributed by atoms with van der Waals surface area (Å²) >= 11 is 1.54. The Morgan fingerprint density at radius 3 is 2.72 bits per heavy atom. The van der Waals surface area contributed by atoms with Gasteiger partial charge in [0.25, 0.3) is 0 Å². The van der Waals surface area contributed by atoms with E-state index in [4.69, 9.17) is 4.52 Å². The lowest BCUT2D eigenvalue weighted by molar-refractivity contribution is -0.132. The molecule has 1 saturated heterocycles. The van der Waals surface area contributed by atoms with E-state index in [0.29, 0.717) is 57.3 Å². The molecule has 9 heteroatoms. The van der Waals surface area contributed by atoms with Gasteiger partial charge in [-0.15, -0.1) is 11.3 Å². The van der Waals surface area contributed by atoms with Crippen LogP contribution < -0.4 is 5.32 Å². The second kappa shape index (κ2) is 8.11. The Morgan fingerprint density at radius 1 is 1.28 bits per heavy atom. The van der Waals surface area contributed by atoms with Crippen molar-refractivity contribution in [3.8, 4) is 10.7 Å². The summed E-state index contributed by atoms with van der Waals surface area (Å²) in [6.45, 7) is 4.72. The molecule has 134 valence electrons. The quantitative estimate of drug-likeness (QED) is 0.871. The molecule has 0 bridgehead atoms. The van der Waals surface area contributed by atoms with E-state index in [0.717, 1.165) is 4.88 Å². The van der Waals surface area contributed by atoms with E-state index < -0.39 is 0 Å². The van der Waals surface area contributed by atoms with E-state index in [2.05, 4.69) is 15.5 Å². The summed E-state index contributed by atoms with van der Waals surface area (Å²) < 4.78 is 5.22. The summed E-state index contributed by atoms with van der Waals surface area (Å²) in [5.41, 5.74) is 0. The van der Waals surface area contributed by atoms with E-state index in [1.54, 1.807) is 21.1 Å². The highest BCUT2D eigenvalue weighted by atomic mass is 32.1. The van der Waals surface area contributed by atoms with Crippen molar-refractivity contribution in [2.45, 2.75) is 19.8 Å². The number of piperazine rings is 1. The molecule has 0 aromatic carbocycles. The van der Waals surface area contributed by atoms with E-state index in [1.165, 1.54) is 0 Å². The molecule has 1 aliphatic rings. The molecule has 1 N–H and O–H groups in total. The maximum absolute atomic E-state index is 12.3. The molecule has 25 heavy (non-hydrogen) atoms. The molecule has 3 heterocycles. The Balaban J connectivity index is 1.45. The highest BCUT2D eigenvalue weighted by Gasteiger charge is 2.24. The Kier molecular flexibility index (Phi) is 5.64. The van der Waals surface area contributed by atoms with Gasteiger partial charge in [0.2, 0.25) is 17.6 Å². The first-order chi connectivity index (χ1) is 12.2. The third-order valence-electron chi connectivity index (χ3n) is 4.01. The van der Waals surface area contributed by atoms with Gasteiger partial charge in [0.1, 0.15) is 0 Å². The number of aryl methyl sites for hydroxylation is 1. The third kappa shape index (κ3) is 4.36. The van der Waals surface area contributed by atoms with Gasteiger partial charge in [0.15, 0.2) is 0 Å². The van der Waals surface area contributed by atoms with Gasteiger partial charge >= 0.3 is 6.03 Å². The third-order valence-corrected chi connectivity index (χ3v) is 4.88. The molecule has 0 atom stereocenters. The van der Waals surface area contributed by atoms with Gasteiger partial charge in [-0.05, 0) is 18.4 Å². The predicted octanol–water partition coefficient (Wildman–Crippen LogP) is 1.60. The van der Waals surface area contributed by atoms with Crippen LogP contribution in [0.15, 0.2) is 22.0 Å². The number of thiophene rings is 1. The second-order valence-electron chi connectivity index (χ2n) is 5.69. The minimum atomic E-state index is -0.0680. The zero-order valence-corrected chi connectivity index (χ0v) is 14.9. The Morgan fingerprint density at radius 2 is 2.04 bits per heavy atom. The minimum absolute atomic E-state index is 0.0476. The largest absolute Gasteiger partial charge is 0.339 e. The molecule has 3 rings (SSSR count). The number of hydrogen-bond acceptors (Lipinski definition) is 6. The van der Waals surface area contributed by atoms with Gasteiger partial charge < -0.3 is 19.6 Å². The van der Waals surface area contributed by atoms with E-state index in [1.807, 2.05) is 24.4 Å². The van der Waals surface area contributed by atoms with Crippen LogP contribution in [-0.2, 0) is 11.2 Å². The van der Waals surface area contributed by atoms with Crippen molar-refractivity contribution >= 4 is 23.3 Å². The molecule has 8 nitrogen and oxygen atoms in total. The standard InChI is InChI=1S/C16H21N5O3S/c1-2-17-16(23)21-9-7-20(8-10-21)14(22)6-5-13-18-15(19-24-13)12-4-3-11-25-12/h3-4,11H,2,5-10H2,1H3,(H,17,23). The van der Waals surface area contributed by atoms with Crippen LogP contribution in [0.2, 0.25) is 0 Å². The van der Waals surface area contributed by atoms with Crippen LogP contribution in [-0.4, -0.2) is 64.6 Å². The molecular formula is C16H21N5O3S. The van der Waals surface area contributed by atoms with Crippen LogP contribution in [0.5, 0.6) is 0 Å². The van der Waals surface area contributed by atoms with Crippen molar-refractivity contribution in [1.29, 1.82) is 0 Å². The molecule has 0 radical (unpaired) electrons. The Labute approximate surface area is 149 Å². The number of hydrogen-bond donors (Lipinski definition) is 1. The monoisotopic (exact) mass is 363 g/mol. The summed E-state index contributed by atoms with van der Waals surface area (Å²) in [6.07, 6.45) is 0.751. The van der Waals surface area contributed by atoms with E-state index in [9.17, 15) is 9.59 Å². The van der Waals surface area contributed by atoms with Crippen LogP contribution in [0, 0.1) is 0 Å². The van der Waals surface area contributed by atoms with Gasteiger partial charge in [-0.1, -0.05) is 11.2 Å². The maximum atomic E-state index is 12.3. The highest BCUT2D eigenvalue weighted by Crippen LogP contribution is 2.21. The molecule has 2 aromatic heterocycles. The van der Waals surface area contributed by atoms with E-state index in [-0.39, 0.29) is 11.9 Å². The topological polar surface area (TPSA) is 91.6 Å². The second-order valence-corrected chi connectivity index (χ2v) is 6.64. The van der Waals surface area contributed by atoms with Gasteiger partial charge in [0, 0.05) is 45.6 Å². The molecule has 0 aliphatic carbocycles. The Hall–Kier alpha value is -2.42.